The standard InChI is InChI=1S/C17H28N4O3/c1-5-8-20-9-7-10-21(11-15(20)22)17(23)18-14(6-2)16-12(3)19-24-13(16)4/h14H,5-11H2,1-4H3,(H,18,23). The average molecular weight is 336 g/mol. The van der Waals surface area contributed by atoms with Gasteiger partial charge in [-0.2, -0.15) is 0 Å². The van der Waals surface area contributed by atoms with Gasteiger partial charge in [0.1, 0.15) is 12.3 Å². The number of carbonyl (C=O) groups is 2. The molecule has 1 aliphatic rings. The second-order valence-corrected chi connectivity index (χ2v) is 6.30. The predicted molar refractivity (Wildman–Crippen MR) is 90.6 cm³/mol. The predicted octanol–water partition coefficient (Wildman–Crippen LogP) is 2.40. The molecular weight excluding hydrogens is 308 g/mol. The highest BCUT2D eigenvalue weighted by molar-refractivity contribution is 5.84. The van der Waals surface area contributed by atoms with Gasteiger partial charge < -0.3 is 19.6 Å². The Morgan fingerprint density at radius 3 is 2.67 bits per heavy atom. The first-order chi connectivity index (χ1) is 11.5. The van der Waals surface area contributed by atoms with E-state index in [0.717, 1.165) is 49.4 Å². The Hall–Kier alpha value is -2.05. The zero-order valence-electron chi connectivity index (χ0n) is 15.1. The van der Waals surface area contributed by atoms with Gasteiger partial charge in [0.25, 0.3) is 0 Å². The van der Waals surface area contributed by atoms with E-state index >= 15 is 0 Å². The first-order valence-corrected chi connectivity index (χ1v) is 8.73. The number of urea groups is 1. The summed E-state index contributed by atoms with van der Waals surface area (Å²) in [6.45, 7) is 9.99. The van der Waals surface area contributed by atoms with Crippen LogP contribution in [0.5, 0.6) is 0 Å². The largest absolute Gasteiger partial charge is 0.361 e. The number of aryl methyl sites for hydroxylation is 2. The van der Waals surface area contributed by atoms with Gasteiger partial charge in [-0.25, -0.2) is 4.79 Å². The van der Waals surface area contributed by atoms with Crippen molar-refractivity contribution in [3.05, 3.63) is 17.0 Å². The summed E-state index contributed by atoms with van der Waals surface area (Å²) in [5.74, 6) is 0.746. The van der Waals surface area contributed by atoms with Gasteiger partial charge in [0.15, 0.2) is 0 Å². The molecule has 0 bridgehead atoms. The third kappa shape index (κ3) is 4.07. The van der Waals surface area contributed by atoms with Crippen molar-refractivity contribution < 1.29 is 14.1 Å². The second kappa shape index (κ2) is 8.17. The number of hydrogen-bond donors (Lipinski definition) is 1. The molecule has 1 aromatic heterocycles. The molecule has 24 heavy (non-hydrogen) atoms. The topological polar surface area (TPSA) is 78.7 Å². The summed E-state index contributed by atoms with van der Waals surface area (Å²) in [6.07, 6.45) is 2.47. The first-order valence-electron chi connectivity index (χ1n) is 8.73. The molecule has 134 valence electrons. The van der Waals surface area contributed by atoms with E-state index in [1.54, 1.807) is 4.90 Å². The first kappa shape index (κ1) is 18.3. The monoisotopic (exact) mass is 336 g/mol. The van der Waals surface area contributed by atoms with Crippen molar-refractivity contribution in [2.75, 3.05) is 26.2 Å². The lowest BCUT2D eigenvalue weighted by Gasteiger charge is -2.25. The summed E-state index contributed by atoms with van der Waals surface area (Å²) in [5.41, 5.74) is 1.72. The van der Waals surface area contributed by atoms with Gasteiger partial charge in [0, 0.05) is 25.2 Å². The molecule has 1 atom stereocenters. The van der Waals surface area contributed by atoms with E-state index < -0.39 is 0 Å². The number of nitrogens with zero attached hydrogens (tertiary/aromatic N) is 3. The highest BCUT2D eigenvalue weighted by Gasteiger charge is 2.27. The molecule has 3 amide bonds. The molecule has 1 aromatic rings. The molecule has 0 aromatic carbocycles. The van der Waals surface area contributed by atoms with Crippen molar-refractivity contribution in [3.63, 3.8) is 0 Å². The van der Waals surface area contributed by atoms with Crippen LogP contribution in [0.4, 0.5) is 4.79 Å². The number of carbonyl (C=O) groups excluding carboxylic acids is 2. The van der Waals surface area contributed by atoms with Gasteiger partial charge >= 0.3 is 6.03 Å². The van der Waals surface area contributed by atoms with E-state index in [2.05, 4.69) is 17.4 Å². The molecule has 0 saturated carbocycles. The average Bonchev–Trinajstić information content (AvgIpc) is 2.77. The smallest absolute Gasteiger partial charge is 0.318 e. The van der Waals surface area contributed by atoms with Crippen LogP contribution in [-0.2, 0) is 4.79 Å². The fourth-order valence-electron chi connectivity index (χ4n) is 3.21. The summed E-state index contributed by atoms with van der Waals surface area (Å²) in [6, 6.07) is -0.359. The third-order valence-corrected chi connectivity index (χ3v) is 4.46. The fourth-order valence-corrected chi connectivity index (χ4v) is 3.21. The minimum atomic E-state index is -0.200. The van der Waals surface area contributed by atoms with Crippen LogP contribution in [0.1, 0.15) is 56.2 Å². The SMILES string of the molecule is CCCN1CCCN(C(=O)NC(CC)c2c(C)noc2C)CC1=O. The molecule has 1 saturated heterocycles. The van der Waals surface area contributed by atoms with Crippen LogP contribution in [0.2, 0.25) is 0 Å². The second-order valence-electron chi connectivity index (χ2n) is 6.30. The highest BCUT2D eigenvalue weighted by atomic mass is 16.5. The molecule has 0 aliphatic carbocycles. The molecule has 1 aliphatic heterocycles. The lowest BCUT2D eigenvalue weighted by atomic mass is 10.0. The van der Waals surface area contributed by atoms with Crippen LogP contribution in [-0.4, -0.2) is 53.1 Å². The van der Waals surface area contributed by atoms with Crippen LogP contribution in [0, 0.1) is 13.8 Å². The molecule has 0 spiro atoms. The highest BCUT2D eigenvalue weighted by Crippen LogP contribution is 2.24. The van der Waals surface area contributed by atoms with Crippen molar-refractivity contribution >= 4 is 11.9 Å². The number of nitrogens with one attached hydrogen (secondary N) is 1. The summed E-state index contributed by atoms with van der Waals surface area (Å²) >= 11 is 0. The van der Waals surface area contributed by atoms with Crippen LogP contribution in [0.25, 0.3) is 0 Å². The third-order valence-electron chi connectivity index (χ3n) is 4.46. The molecule has 7 nitrogen and oxygen atoms in total. The van der Waals surface area contributed by atoms with Crippen LogP contribution in [0.3, 0.4) is 0 Å². The van der Waals surface area contributed by atoms with E-state index in [1.165, 1.54) is 0 Å². The minimum absolute atomic E-state index is 0.0230. The molecular formula is C17H28N4O3. The van der Waals surface area contributed by atoms with Crippen molar-refractivity contribution in [2.45, 2.75) is 53.0 Å². The van der Waals surface area contributed by atoms with Gasteiger partial charge in [-0.3, -0.25) is 4.79 Å². The lowest BCUT2D eigenvalue weighted by molar-refractivity contribution is -0.130. The quantitative estimate of drug-likeness (QED) is 0.895. The molecule has 2 heterocycles. The minimum Gasteiger partial charge on any atom is -0.361 e. The van der Waals surface area contributed by atoms with Gasteiger partial charge in [0.05, 0.1) is 11.7 Å². The molecule has 1 N–H and O–H groups in total. The maximum absolute atomic E-state index is 12.6. The Morgan fingerprint density at radius 2 is 2.08 bits per heavy atom. The summed E-state index contributed by atoms with van der Waals surface area (Å²) in [7, 11) is 0. The fraction of sp³-hybridized carbons (Fsp3) is 0.706. The number of amides is 3. The number of rotatable bonds is 5. The van der Waals surface area contributed by atoms with Gasteiger partial charge in [-0.15, -0.1) is 0 Å². The van der Waals surface area contributed by atoms with E-state index in [4.69, 9.17) is 4.52 Å². The van der Waals surface area contributed by atoms with E-state index in [9.17, 15) is 9.59 Å². The molecule has 1 unspecified atom stereocenters. The van der Waals surface area contributed by atoms with Crippen molar-refractivity contribution in [1.82, 2.24) is 20.3 Å². The van der Waals surface area contributed by atoms with E-state index in [-0.39, 0.29) is 24.5 Å². The van der Waals surface area contributed by atoms with E-state index in [0.29, 0.717) is 6.54 Å². The number of aromatic nitrogens is 1. The lowest BCUT2D eigenvalue weighted by Crippen LogP contribution is -2.45. The summed E-state index contributed by atoms with van der Waals surface area (Å²) < 4.78 is 5.21. The molecule has 7 heteroatoms. The van der Waals surface area contributed by atoms with Crippen LogP contribution < -0.4 is 5.32 Å². The zero-order chi connectivity index (χ0) is 17.7. The summed E-state index contributed by atoms with van der Waals surface area (Å²) in [4.78, 5) is 28.4. The normalized spacial score (nSPS) is 16.9. The molecule has 0 radical (unpaired) electrons. The number of hydrogen-bond acceptors (Lipinski definition) is 4. The van der Waals surface area contributed by atoms with Gasteiger partial charge in [-0.1, -0.05) is 19.0 Å². The van der Waals surface area contributed by atoms with Crippen LogP contribution in [0.15, 0.2) is 4.52 Å². The molecule has 1 fully saturated rings. The Kier molecular flexibility index (Phi) is 6.23. The Bertz CT molecular complexity index is 565. The summed E-state index contributed by atoms with van der Waals surface area (Å²) in [5, 5.41) is 6.99. The Labute approximate surface area is 143 Å². The van der Waals surface area contributed by atoms with Crippen LogP contribution >= 0.6 is 0 Å². The molecule has 2 rings (SSSR count). The van der Waals surface area contributed by atoms with Crippen molar-refractivity contribution in [2.24, 2.45) is 0 Å². The van der Waals surface area contributed by atoms with Crippen molar-refractivity contribution in [3.8, 4) is 0 Å². The Morgan fingerprint density at radius 1 is 1.33 bits per heavy atom. The zero-order valence-corrected chi connectivity index (χ0v) is 15.1. The van der Waals surface area contributed by atoms with Gasteiger partial charge in [-0.05, 0) is 33.1 Å². The van der Waals surface area contributed by atoms with E-state index in [1.807, 2.05) is 25.7 Å². The van der Waals surface area contributed by atoms with Gasteiger partial charge in [0.2, 0.25) is 5.91 Å². The maximum atomic E-state index is 12.6. The maximum Gasteiger partial charge on any atom is 0.318 e. The Balaban J connectivity index is 2.04. The van der Waals surface area contributed by atoms with Crippen molar-refractivity contribution in [1.29, 1.82) is 0 Å².